The normalized spacial score (nSPS) is 20.2. The minimum absolute atomic E-state index is 0.0102. The summed E-state index contributed by atoms with van der Waals surface area (Å²) in [6, 6.07) is 14.2. The van der Waals surface area contributed by atoms with Crippen molar-refractivity contribution in [3.8, 4) is 0 Å². The number of amides is 1. The number of sulfonamides is 1. The van der Waals surface area contributed by atoms with E-state index in [1.165, 1.54) is 4.31 Å². The SMILES string of the molecule is CN1CCC(N(C)C(=O)C2CN(S(=O)(=O)c3cccc(Br)c3)c3ccccc32)CC1. The summed E-state index contributed by atoms with van der Waals surface area (Å²) in [4.78, 5) is 17.8. The first-order chi connectivity index (χ1) is 14.3. The van der Waals surface area contributed by atoms with E-state index in [4.69, 9.17) is 0 Å². The summed E-state index contributed by atoms with van der Waals surface area (Å²) in [7, 11) is 0.174. The highest BCUT2D eigenvalue weighted by Crippen LogP contribution is 2.41. The lowest BCUT2D eigenvalue weighted by Gasteiger charge is -2.36. The number of fused-ring (bicyclic) bond motifs is 1. The lowest BCUT2D eigenvalue weighted by atomic mass is 9.97. The third-order valence-corrected chi connectivity index (χ3v) is 8.46. The van der Waals surface area contributed by atoms with Gasteiger partial charge in [-0.05, 0) is 62.8 Å². The summed E-state index contributed by atoms with van der Waals surface area (Å²) < 4.78 is 28.9. The van der Waals surface area contributed by atoms with E-state index >= 15 is 0 Å². The number of hydrogen-bond acceptors (Lipinski definition) is 4. The fraction of sp³-hybridized carbons (Fsp3) is 0.409. The van der Waals surface area contributed by atoms with Gasteiger partial charge in [0.15, 0.2) is 0 Å². The quantitative estimate of drug-likeness (QED) is 0.658. The lowest BCUT2D eigenvalue weighted by molar-refractivity contribution is -0.134. The van der Waals surface area contributed by atoms with Gasteiger partial charge in [0, 0.05) is 17.6 Å². The zero-order valence-corrected chi connectivity index (χ0v) is 19.6. The number of likely N-dealkylation sites (N-methyl/N-ethyl adjacent to an activating group) is 1. The average Bonchev–Trinajstić information content (AvgIpc) is 3.14. The van der Waals surface area contributed by atoms with Crippen molar-refractivity contribution in [3.63, 3.8) is 0 Å². The van der Waals surface area contributed by atoms with Gasteiger partial charge < -0.3 is 9.80 Å². The number of carbonyl (C=O) groups is 1. The molecular weight excluding hydrogens is 466 g/mol. The van der Waals surface area contributed by atoms with E-state index in [0.717, 1.165) is 31.5 Å². The molecule has 8 heteroatoms. The molecule has 2 heterocycles. The Bertz CT molecular complexity index is 1050. The maximum absolute atomic E-state index is 13.4. The molecule has 2 aromatic rings. The first-order valence-corrected chi connectivity index (χ1v) is 12.3. The number of piperidine rings is 1. The topological polar surface area (TPSA) is 60.9 Å². The molecule has 1 amide bonds. The number of carbonyl (C=O) groups excluding carboxylic acids is 1. The third kappa shape index (κ3) is 3.88. The monoisotopic (exact) mass is 491 g/mol. The van der Waals surface area contributed by atoms with Crippen LogP contribution in [0.25, 0.3) is 0 Å². The molecule has 0 aliphatic carbocycles. The third-order valence-electron chi connectivity index (χ3n) is 6.19. The number of likely N-dealkylation sites (tertiary alicyclic amines) is 1. The molecule has 30 heavy (non-hydrogen) atoms. The summed E-state index contributed by atoms with van der Waals surface area (Å²) in [5, 5.41) is 0. The van der Waals surface area contributed by atoms with Gasteiger partial charge in [0.05, 0.1) is 23.0 Å². The molecule has 0 bridgehead atoms. The lowest BCUT2D eigenvalue weighted by Crippen LogP contribution is -2.46. The van der Waals surface area contributed by atoms with Crippen molar-refractivity contribution in [2.45, 2.75) is 29.7 Å². The zero-order chi connectivity index (χ0) is 21.5. The van der Waals surface area contributed by atoms with Gasteiger partial charge in [-0.3, -0.25) is 9.10 Å². The Kier molecular flexibility index (Phi) is 5.92. The number of hydrogen-bond donors (Lipinski definition) is 0. The summed E-state index contributed by atoms with van der Waals surface area (Å²) in [6.07, 6.45) is 1.88. The number of benzene rings is 2. The van der Waals surface area contributed by atoms with Crippen LogP contribution in [0.15, 0.2) is 57.9 Å². The van der Waals surface area contributed by atoms with Gasteiger partial charge in [-0.1, -0.05) is 40.2 Å². The van der Waals surface area contributed by atoms with E-state index in [9.17, 15) is 13.2 Å². The molecule has 0 N–H and O–H groups in total. The molecule has 4 rings (SSSR count). The second-order valence-corrected chi connectivity index (χ2v) is 10.9. The van der Waals surface area contributed by atoms with E-state index in [1.807, 2.05) is 30.1 Å². The number of para-hydroxylation sites is 1. The van der Waals surface area contributed by atoms with Crippen LogP contribution in [0.2, 0.25) is 0 Å². The number of anilines is 1. The van der Waals surface area contributed by atoms with Crippen LogP contribution in [0.5, 0.6) is 0 Å². The molecule has 0 saturated carbocycles. The fourth-order valence-corrected chi connectivity index (χ4v) is 6.48. The molecule has 0 spiro atoms. The highest BCUT2D eigenvalue weighted by atomic mass is 79.9. The van der Waals surface area contributed by atoms with Crippen LogP contribution in [0, 0.1) is 0 Å². The minimum Gasteiger partial charge on any atom is -0.342 e. The largest absolute Gasteiger partial charge is 0.342 e. The molecule has 1 saturated heterocycles. The van der Waals surface area contributed by atoms with Crippen molar-refractivity contribution in [2.75, 3.05) is 38.0 Å². The molecule has 6 nitrogen and oxygen atoms in total. The first-order valence-electron chi connectivity index (χ1n) is 10.1. The molecule has 1 atom stereocenters. The van der Waals surface area contributed by atoms with E-state index in [-0.39, 0.29) is 23.4 Å². The van der Waals surface area contributed by atoms with E-state index in [2.05, 4.69) is 27.9 Å². The molecule has 1 unspecified atom stereocenters. The molecule has 160 valence electrons. The van der Waals surface area contributed by atoms with Crippen LogP contribution in [-0.2, 0) is 14.8 Å². The van der Waals surface area contributed by atoms with Crippen LogP contribution in [0.3, 0.4) is 0 Å². The van der Waals surface area contributed by atoms with Crippen molar-refractivity contribution in [1.82, 2.24) is 9.80 Å². The summed E-state index contributed by atoms with van der Waals surface area (Å²) in [5.41, 5.74) is 1.37. The van der Waals surface area contributed by atoms with Gasteiger partial charge in [0.2, 0.25) is 5.91 Å². The Morgan fingerprint density at radius 2 is 1.80 bits per heavy atom. The van der Waals surface area contributed by atoms with Crippen LogP contribution in [0.1, 0.15) is 24.3 Å². The van der Waals surface area contributed by atoms with E-state index < -0.39 is 15.9 Å². The van der Waals surface area contributed by atoms with Crippen molar-refractivity contribution in [1.29, 1.82) is 0 Å². The van der Waals surface area contributed by atoms with Gasteiger partial charge in [0.1, 0.15) is 0 Å². The standard InChI is InChI=1S/C22H26BrN3O3S/c1-24-12-10-17(11-13-24)25(2)22(27)20-15-26(21-9-4-3-8-19(20)21)30(28,29)18-7-5-6-16(23)14-18/h3-9,14,17,20H,10-13,15H2,1-2H3. The number of nitrogens with zero attached hydrogens (tertiary/aromatic N) is 3. The van der Waals surface area contributed by atoms with Gasteiger partial charge in [-0.2, -0.15) is 0 Å². The summed E-state index contributed by atoms with van der Waals surface area (Å²) in [6.45, 7) is 2.06. The Labute approximate surface area is 186 Å². The second kappa shape index (κ2) is 8.32. The first kappa shape index (κ1) is 21.3. The van der Waals surface area contributed by atoms with Gasteiger partial charge in [-0.15, -0.1) is 0 Å². The molecule has 0 radical (unpaired) electrons. The van der Waals surface area contributed by atoms with E-state index in [0.29, 0.717) is 10.2 Å². The smallest absolute Gasteiger partial charge is 0.264 e. The van der Waals surface area contributed by atoms with Crippen LogP contribution in [0.4, 0.5) is 5.69 Å². The van der Waals surface area contributed by atoms with Gasteiger partial charge >= 0.3 is 0 Å². The van der Waals surface area contributed by atoms with Crippen molar-refractivity contribution < 1.29 is 13.2 Å². The van der Waals surface area contributed by atoms with Crippen molar-refractivity contribution >= 4 is 37.5 Å². The predicted molar refractivity (Wildman–Crippen MR) is 121 cm³/mol. The maximum Gasteiger partial charge on any atom is 0.264 e. The van der Waals surface area contributed by atoms with Gasteiger partial charge in [0.25, 0.3) is 10.0 Å². The Balaban J connectivity index is 1.64. The predicted octanol–water partition coefficient (Wildman–Crippen LogP) is 3.29. The van der Waals surface area contributed by atoms with Crippen LogP contribution >= 0.6 is 15.9 Å². The van der Waals surface area contributed by atoms with Crippen LogP contribution in [-0.4, -0.2) is 63.9 Å². The average molecular weight is 492 g/mol. The Morgan fingerprint density at radius 3 is 2.50 bits per heavy atom. The molecule has 2 aliphatic rings. The fourth-order valence-electron chi connectivity index (χ4n) is 4.37. The van der Waals surface area contributed by atoms with E-state index in [1.54, 1.807) is 30.3 Å². The Hall–Kier alpha value is -1.90. The second-order valence-electron chi connectivity index (χ2n) is 8.09. The molecule has 0 aromatic heterocycles. The molecule has 2 aliphatic heterocycles. The Morgan fingerprint density at radius 1 is 1.10 bits per heavy atom. The van der Waals surface area contributed by atoms with Crippen LogP contribution < -0.4 is 4.31 Å². The number of halogens is 1. The molecular formula is C22H26BrN3O3S. The maximum atomic E-state index is 13.4. The highest BCUT2D eigenvalue weighted by Gasteiger charge is 2.41. The zero-order valence-electron chi connectivity index (χ0n) is 17.2. The molecule has 2 aromatic carbocycles. The van der Waals surface area contributed by atoms with Crippen molar-refractivity contribution in [3.05, 3.63) is 58.6 Å². The highest BCUT2D eigenvalue weighted by molar-refractivity contribution is 9.10. The molecule has 1 fully saturated rings. The number of rotatable bonds is 4. The van der Waals surface area contributed by atoms with Crippen molar-refractivity contribution in [2.24, 2.45) is 0 Å². The minimum atomic E-state index is -3.77. The summed E-state index contributed by atoms with van der Waals surface area (Å²) >= 11 is 3.35. The summed E-state index contributed by atoms with van der Waals surface area (Å²) in [5.74, 6) is -0.503. The van der Waals surface area contributed by atoms with Gasteiger partial charge in [-0.25, -0.2) is 8.42 Å².